The van der Waals surface area contributed by atoms with E-state index in [2.05, 4.69) is 10.3 Å². The maximum atomic E-state index is 13.7. The number of amides is 1. The van der Waals surface area contributed by atoms with Gasteiger partial charge < -0.3 is 19.8 Å². The standard InChI is InChI=1S/C29H38N4O5S/c1-17(2)24(29(37)38-33(5)20-11-7-6-8-12-20)26(34)30-22(27-31-25(28(35)36)18(3)39-27)15-19-16-32(4)23-14-10-9-13-21(19)23/h9-10,13-14,16-17,20,22,24H,6-8,11-12,15H2,1-5H3,(H,30,34)(H,35,36)/t22-,24+/m1/s1. The lowest BCUT2D eigenvalue weighted by molar-refractivity contribution is -0.203. The van der Waals surface area contributed by atoms with E-state index in [4.69, 9.17) is 4.84 Å². The zero-order valence-corrected chi connectivity index (χ0v) is 24.1. The second-order valence-electron chi connectivity index (χ2n) is 10.8. The Morgan fingerprint density at radius 2 is 1.90 bits per heavy atom. The van der Waals surface area contributed by atoms with Crippen molar-refractivity contribution < 1.29 is 24.3 Å². The molecule has 3 aromatic rings. The van der Waals surface area contributed by atoms with Crippen molar-refractivity contribution in [2.45, 2.75) is 71.4 Å². The summed E-state index contributed by atoms with van der Waals surface area (Å²) in [6, 6.07) is 7.52. The first kappa shape index (κ1) is 28.8. The molecule has 2 atom stereocenters. The third-order valence-corrected chi connectivity index (χ3v) is 8.64. The highest BCUT2D eigenvalue weighted by Crippen LogP contribution is 2.31. The van der Waals surface area contributed by atoms with Crippen LogP contribution in [0.4, 0.5) is 0 Å². The number of nitrogens with zero attached hydrogens (tertiary/aromatic N) is 3. The molecule has 1 fully saturated rings. The predicted molar refractivity (Wildman–Crippen MR) is 150 cm³/mol. The Morgan fingerprint density at radius 3 is 2.54 bits per heavy atom. The van der Waals surface area contributed by atoms with Crippen LogP contribution in [0.2, 0.25) is 0 Å². The average Bonchev–Trinajstić information content (AvgIpc) is 3.44. The van der Waals surface area contributed by atoms with Crippen LogP contribution in [-0.4, -0.2) is 50.7 Å². The van der Waals surface area contributed by atoms with Crippen LogP contribution >= 0.6 is 11.3 Å². The van der Waals surface area contributed by atoms with Crippen LogP contribution < -0.4 is 5.32 Å². The third-order valence-electron chi connectivity index (χ3n) is 7.56. The molecule has 2 aromatic heterocycles. The van der Waals surface area contributed by atoms with Gasteiger partial charge in [-0.05, 0) is 37.3 Å². The minimum atomic E-state index is -1.11. The number of carboxylic acid groups (broad SMARTS) is 1. The molecule has 0 unspecified atom stereocenters. The molecule has 0 bridgehead atoms. The van der Waals surface area contributed by atoms with Gasteiger partial charge in [-0.15, -0.1) is 16.4 Å². The van der Waals surface area contributed by atoms with Crippen LogP contribution in [0.5, 0.6) is 0 Å². The Bertz CT molecular complexity index is 1340. The number of aryl methyl sites for hydroxylation is 2. The molecule has 1 amide bonds. The van der Waals surface area contributed by atoms with E-state index in [1.54, 1.807) is 19.0 Å². The molecule has 39 heavy (non-hydrogen) atoms. The summed E-state index contributed by atoms with van der Waals surface area (Å²) in [5, 5.41) is 15.8. The van der Waals surface area contributed by atoms with Gasteiger partial charge >= 0.3 is 11.9 Å². The van der Waals surface area contributed by atoms with Crippen molar-refractivity contribution in [1.29, 1.82) is 0 Å². The number of carbonyl (C=O) groups excluding carboxylic acids is 2. The maximum absolute atomic E-state index is 13.7. The zero-order valence-electron chi connectivity index (χ0n) is 23.3. The molecular formula is C29H38N4O5S. The first-order valence-electron chi connectivity index (χ1n) is 13.5. The molecule has 0 spiro atoms. The van der Waals surface area contributed by atoms with E-state index < -0.39 is 29.8 Å². The molecular weight excluding hydrogens is 516 g/mol. The van der Waals surface area contributed by atoms with Crippen molar-refractivity contribution in [2.75, 3.05) is 7.05 Å². The van der Waals surface area contributed by atoms with Gasteiger partial charge in [0.05, 0.1) is 6.04 Å². The number of nitrogens with one attached hydrogen (secondary N) is 1. The molecule has 1 aliphatic rings. The number of aromatic carboxylic acids is 1. The van der Waals surface area contributed by atoms with Crippen molar-refractivity contribution in [3.05, 3.63) is 51.6 Å². The number of hydroxylamine groups is 2. The van der Waals surface area contributed by atoms with Crippen molar-refractivity contribution in [2.24, 2.45) is 18.9 Å². The van der Waals surface area contributed by atoms with E-state index >= 15 is 0 Å². The number of hydrogen-bond acceptors (Lipinski definition) is 7. The average molecular weight is 555 g/mol. The number of para-hydroxylation sites is 1. The molecule has 4 rings (SSSR count). The largest absolute Gasteiger partial charge is 0.476 e. The fraction of sp³-hybridized carbons (Fsp3) is 0.517. The van der Waals surface area contributed by atoms with E-state index in [1.165, 1.54) is 17.8 Å². The fourth-order valence-corrected chi connectivity index (χ4v) is 6.40. The van der Waals surface area contributed by atoms with Gasteiger partial charge in [0.25, 0.3) is 0 Å². The summed E-state index contributed by atoms with van der Waals surface area (Å²) in [5.41, 5.74) is 2.01. The second kappa shape index (κ2) is 12.3. The Balaban J connectivity index is 1.60. The van der Waals surface area contributed by atoms with Gasteiger partial charge in [0.1, 0.15) is 10.9 Å². The molecule has 0 saturated heterocycles. The zero-order chi connectivity index (χ0) is 28.3. The fourth-order valence-electron chi connectivity index (χ4n) is 5.43. The number of aromatic nitrogens is 2. The first-order chi connectivity index (χ1) is 18.6. The lowest BCUT2D eigenvalue weighted by Crippen LogP contribution is -2.44. The minimum Gasteiger partial charge on any atom is -0.476 e. The summed E-state index contributed by atoms with van der Waals surface area (Å²) in [6.45, 7) is 5.35. The summed E-state index contributed by atoms with van der Waals surface area (Å²) < 4.78 is 2.02. The highest BCUT2D eigenvalue weighted by atomic mass is 32.1. The highest BCUT2D eigenvalue weighted by Gasteiger charge is 2.36. The Morgan fingerprint density at radius 1 is 1.21 bits per heavy atom. The van der Waals surface area contributed by atoms with Gasteiger partial charge in [-0.1, -0.05) is 51.3 Å². The van der Waals surface area contributed by atoms with Crippen molar-refractivity contribution in [3.8, 4) is 0 Å². The van der Waals surface area contributed by atoms with Crippen LogP contribution in [0.3, 0.4) is 0 Å². The normalized spacial score (nSPS) is 16.0. The highest BCUT2D eigenvalue weighted by molar-refractivity contribution is 7.12. The summed E-state index contributed by atoms with van der Waals surface area (Å²) in [5.74, 6) is -3.48. The summed E-state index contributed by atoms with van der Waals surface area (Å²) in [7, 11) is 3.72. The molecule has 210 valence electrons. The van der Waals surface area contributed by atoms with Gasteiger partial charge in [0.2, 0.25) is 5.91 Å². The lowest BCUT2D eigenvalue weighted by atomic mass is 9.94. The number of thiazole rings is 1. The number of carboxylic acids is 1. The summed E-state index contributed by atoms with van der Waals surface area (Å²) in [6.07, 6.45) is 7.71. The van der Waals surface area contributed by atoms with E-state index in [0.29, 0.717) is 16.3 Å². The van der Waals surface area contributed by atoms with E-state index in [1.807, 2.05) is 55.9 Å². The van der Waals surface area contributed by atoms with Gasteiger partial charge in [-0.2, -0.15) is 0 Å². The molecule has 10 heteroatoms. The minimum absolute atomic E-state index is 0.0268. The van der Waals surface area contributed by atoms with Crippen LogP contribution in [0, 0.1) is 18.8 Å². The molecule has 0 radical (unpaired) electrons. The third kappa shape index (κ3) is 6.50. The van der Waals surface area contributed by atoms with Gasteiger partial charge in [0, 0.05) is 48.5 Å². The summed E-state index contributed by atoms with van der Waals surface area (Å²) in [4.78, 5) is 49.3. The van der Waals surface area contributed by atoms with Crippen molar-refractivity contribution in [3.63, 3.8) is 0 Å². The van der Waals surface area contributed by atoms with Crippen LogP contribution in [-0.2, 0) is 27.9 Å². The van der Waals surface area contributed by atoms with Gasteiger partial charge in [-0.3, -0.25) is 4.79 Å². The number of fused-ring (bicyclic) bond motifs is 1. The maximum Gasteiger partial charge on any atom is 0.355 e. The second-order valence-corrected chi connectivity index (χ2v) is 12.0. The van der Waals surface area contributed by atoms with E-state index in [-0.39, 0.29) is 17.7 Å². The Labute approximate surface area is 233 Å². The van der Waals surface area contributed by atoms with Crippen molar-refractivity contribution >= 4 is 40.1 Å². The molecule has 9 nitrogen and oxygen atoms in total. The van der Waals surface area contributed by atoms with Crippen LogP contribution in [0.1, 0.15) is 77.9 Å². The molecule has 0 aliphatic heterocycles. The smallest absolute Gasteiger partial charge is 0.355 e. The topological polar surface area (TPSA) is 114 Å². The van der Waals surface area contributed by atoms with Gasteiger partial charge in [0.15, 0.2) is 5.69 Å². The number of benzene rings is 1. The SMILES string of the molecule is Cc1sc([C@@H](Cc2cn(C)c3ccccc23)NC(=O)[C@@H](C(=O)ON(C)C2CCCCC2)C(C)C)nc1C(=O)O. The quantitative estimate of drug-likeness (QED) is 0.267. The Kier molecular flexibility index (Phi) is 9.07. The molecule has 1 saturated carbocycles. The number of hydrogen-bond donors (Lipinski definition) is 2. The molecule has 2 N–H and O–H groups in total. The molecule has 2 heterocycles. The van der Waals surface area contributed by atoms with E-state index in [9.17, 15) is 19.5 Å². The monoisotopic (exact) mass is 554 g/mol. The van der Waals surface area contributed by atoms with Crippen LogP contribution in [0.15, 0.2) is 30.5 Å². The molecule has 1 aliphatic carbocycles. The van der Waals surface area contributed by atoms with Gasteiger partial charge in [-0.25, -0.2) is 14.6 Å². The first-order valence-corrected chi connectivity index (χ1v) is 14.4. The van der Waals surface area contributed by atoms with Crippen LogP contribution in [0.25, 0.3) is 10.9 Å². The predicted octanol–water partition coefficient (Wildman–Crippen LogP) is 5.04. The number of rotatable bonds is 10. The lowest BCUT2D eigenvalue weighted by Gasteiger charge is -2.31. The molecule has 1 aromatic carbocycles. The van der Waals surface area contributed by atoms with Crippen molar-refractivity contribution in [1.82, 2.24) is 19.9 Å². The summed E-state index contributed by atoms with van der Waals surface area (Å²) >= 11 is 1.24. The Hall–Kier alpha value is -3.24. The number of carbonyl (C=O) groups is 3. The van der Waals surface area contributed by atoms with E-state index in [0.717, 1.165) is 42.1 Å².